The highest BCUT2D eigenvalue weighted by Crippen LogP contribution is 2.12. The zero-order chi connectivity index (χ0) is 14.8. The molecule has 1 rings (SSSR count). The van der Waals surface area contributed by atoms with Crippen LogP contribution in [0, 0.1) is 5.92 Å². The van der Waals surface area contributed by atoms with Crippen molar-refractivity contribution in [2.75, 3.05) is 0 Å². The monoisotopic (exact) mass is 281 g/mol. The maximum absolute atomic E-state index is 9.31. The minimum absolute atomic E-state index is 0.0171. The van der Waals surface area contributed by atoms with Crippen molar-refractivity contribution in [1.29, 1.82) is 0 Å². The third-order valence-corrected chi connectivity index (χ3v) is 3.60. The van der Waals surface area contributed by atoms with Gasteiger partial charge in [0.2, 0.25) is 0 Å². The standard InChI is InChI=1S/C16H31N3O/c1-4-5-6-7-8-9-10-11-15-17-18-16(13-20)19(15)12-14(2)3/h14,20H,4-13H2,1-3H3. The Kier molecular flexibility index (Phi) is 8.51. The Labute approximate surface area is 123 Å². The normalized spacial score (nSPS) is 11.4. The molecule has 0 spiro atoms. The van der Waals surface area contributed by atoms with Gasteiger partial charge in [-0.15, -0.1) is 10.2 Å². The minimum atomic E-state index is -0.0171. The van der Waals surface area contributed by atoms with Gasteiger partial charge in [0.15, 0.2) is 5.82 Å². The van der Waals surface area contributed by atoms with Crippen molar-refractivity contribution < 1.29 is 5.11 Å². The summed E-state index contributed by atoms with van der Waals surface area (Å²) in [7, 11) is 0. The molecule has 0 bridgehead atoms. The second-order valence-corrected chi connectivity index (χ2v) is 6.07. The third-order valence-electron chi connectivity index (χ3n) is 3.60. The molecule has 0 aliphatic heterocycles. The Morgan fingerprint density at radius 3 is 2.15 bits per heavy atom. The molecule has 1 heterocycles. The van der Waals surface area contributed by atoms with Crippen LogP contribution < -0.4 is 0 Å². The summed E-state index contributed by atoms with van der Waals surface area (Å²) in [6.07, 6.45) is 10.1. The van der Waals surface area contributed by atoms with E-state index < -0.39 is 0 Å². The van der Waals surface area contributed by atoms with Gasteiger partial charge in [0.25, 0.3) is 0 Å². The molecule has 1 aromatic rings. The van der Waals surface area contributed by atoms with E-state index in [4.69, 9.17) is 0 Å². The molecule has 0 amide bonds. The van der Waals surface area contributed by atoms with E-state index >= 15 is 0 Å². The number of hydrogen-bond donors (Lipinski definition) is 1. The number of nitrogens with zero attached hydrogens (tertiary/aromatic N) is 3. The fourth-order valence-electron chi connectivity index (χ4n) is 2.49. The predicted octanol–water partition coefficient (Wildman–Crippen LogP) is 3.72. The second kappa shape index (κ2) is 9.92. The molecular weight excluding hydrogens is 250 g/mol. The summed E-state index contributed by atoms with van der Waals surface area (Å²) in [5.74, 6) is 2.29. The van der Waals surface area contributed by atoms with E-state index in [1.807, 2.05) is 0 Å². The molecule has 4 nitrogen and oxygen atoms in total. The number of aliphatic hydroxyl groups is 1. The van der Waals surface area contributed by atoms with E-state index in [1.54, 1.807) is 0 Å². The first-order valence-electron chi connectivity index (χ1n) is 8.20. The van der Waals surface area contributed by atoms with Crippen LogP contribution in [-0.2, 0) is 19.6 Å². The van der Waals surface area contributed by atoms with Crippen LogP contribution in [0.3, 0.4) is 0 Å². The second-order valence-electron chi connectivity index (χ2n) is 6.07. The summed E-state index contributed by atoms with van der Waals surface area (Å²) in [4.78, 5) is 0. The Bertz CT molecular complexity index is 361. The fraction of sp³-hybridized carbons (Fsp3) is 0.875. The van der Waals surface area contributed by atoms with Gasteiger partial charge in [-0.05, 0) is 12.3 Å². The van der Waals surface area contributed by atoms with Gasteiger partial charge in [-0.3, -0.25) is 0 Å². The molecule has 0 fully saturated rings. The topological polar surface area (TPSA) is 50.9 Å². The predicted molar refractivity (Wildman–Crippen MR) is 82.5 cm³/mol. The molecule has 0 aliphatic rings. The molecule has 4 heteroatoms. The van der Waals surface area contributed by atoms with Crippen molar-refractivity contribution >= 4 is 0 Å². The summed E-state index contributed by atoms with van der Waals surface area (Å²) in [6, 6.07) is 0. The Hall–Kier alpha value is -0.900. The van der Waals surface area contributed by atoms with Gasteiger partial charge < -0.3 is 9.67 Å². The van der Waals surface area contributed by atoms with E-state index in [9.17, 15) is 5.11 Å². The molecule has 20 heavy (non-hydrogen) atoms. The van der Waals surface area contributed by atoms with Crippen molar-refractivity contribution in [2.24, 2.45) is 5.92 Å². The first-order chi connectivity index (χ1) is 9.69. The van der Waals surface area contributed by atoms with Gasteiger partial charge in [-0.25, -0.2) is 0 Å². The molecule has 0 saturated heterocycles. The average molecular weight is 281 g/mol. The first-order valence-corrected chi connectivity index (χ1v) is 8.20. The smallest absolute Gasteiger partial charge is 0.158 e. The molecule has 0 unspecified atom stereocenters. The molecule has 0 atom stereocenters. The highest BCUT2D eigenvalue weighted by atomic mass is 16.3. The van der Waals surface area contributed by atoms with E-state index in [0.29, 0.717) is 11.7 Å². The van der Waals surface area contributed by atoms with E-state index in [2.05, 4.69) is 35.5 Å². The summed E-state index contributed by atoms with van der Waals surface area (Å²) < 4.78 is 2.10. The summed E-state index contributed by atoms with van der Waals surface area (Å²) in [5, 5.41) is 17.6. The number of unbranched alkanes of at least 4 members (excludes halogenated alkanes) is 6. The van der Waals surface area contributed by atoms with Crippen LogP contribution in [0.25, 0.3) is 0 Å². The summed E-state index contributed by atoms with van der Waals surface area (Å²) in [5.41, 5.74) is 0. The number of aryl methyl sites for hydroxylation is 1. The molecule has 0 saturated carbocycles. The molecule has 0 aliphatic carbocycles. The van der Waals surface area contributed by atoms with Crippen molar-refractivity contribution in [3.8, 4) is 0 Å². The maximum atomic E-state index is 9.31. The zero-order valence-electron chi connectivity index (χ0n) is 13.4. The van der Waals surface area contributed by atoms with Gasteiger partial charge in [-0.2, -0.15) is 0 Å². The van der Waals surface area contributed by atoms with E-state index in [0.717, 1.165) is 18.8 Å². The van der Waals surface area contributed by atoms with Crippen LogP contribution >= 0.6 is 0 Å². The lowest BCUT2D eigenvalue weighted by Crippen LogP contribution is -2.12. The SMILES string of the molecule is CCCCCCCCCc1nnc(CO)n1CC(C)C. The van der Waals surface area contributed by atoms with Crippen molar-refractivity contribution in [3.05, 3.63) is 11.6 Å². The van der Waals surface area contributed by atoms with Crippen LogP contribution in [0.15, 0.2) is 0 Å². The third kappa shape index (κ3) is 6.04. The molecule has 1 N–H and O–H groups in total. The Balaban J connectivity index is 2.34. The molecule has 116 valence electrons. The molecule has 1 aromatic heterocycles. The molecule has 0 radical (unpaired) electrons. The van der Waals surface area contributed by atoms with Crippen molar-refractivity contribution in [2.45, 2.75) is 85.3 Å². The van der Waals surface area contributed by atoms with Crippen LogP contribution in [0.4, 0.5) is 0 Å². The van der Waals surface area contributed by atoms with Gasteiger partial charge in [0, 0.05) is 13.0 Å². The molecular formula is C16H31N3O. The van der Waals surface area contributed by atoms with E-state index in [-0.39, 0.29) is 6.61 Å². The average Bonchev–Trinajstić information content (AvgIpc) is 2.79. The van der Waals surface area contributed by atoms with Crippen molar-refractivity contribution in [3.63, 3.8) is 0 Å². The van der Waals surface area contributed by atoms with Gasteiger partial charge >= 0.3 is 0 Å². The number of aromatic nitrogens is 3. The van der Waals surface area contributed by atoms with Crippen LogP contribution in [0.5, 0.6) is 0 Å². The van der Waals surface area contributed by atoms with Crippen LogP contribution in [0.1, 0.15) is 77.4 Å². The zero-order valence-corrected chi connectivity index (χ0v) is 13.4. The summed E-state index contributed by atoms with van der Waals surface area (Å²) >= 11 is 0. The lowest BCUT2D eigenvalue weighted by atomic mass is 10.1. The first kappa shape index (κ1) is 17.2. The lowest BCUT2D eigenvalue weighted by Gasteiger charge is -2.11. The lowest BCUT2D eigenvalue weighted by molar-refractivity contribution is 0.261. The fourth-order valence-corrected chi connectivity index (χ4v) is 2.49. The molecule has 0 aromatic carbocycles. The summed E-state index contributed by atoms with van der Waals surface area (Å²) in [6.45, 7) is 7.49. The van der Waals surface area contributed by atoms with Crippen molar-refractivity contribution in [1.82, 2.24) is 14.8 Å². The Morgan fingerprint density at radius 2 is 1.55 bits per heavy atom. The Morgan fingerprint density at radius 1 is 0.950 bits per heavy atom. The largest absolute Gasteiger partial charge is 0.388 e. The van der Waals surface area contributed by atoms with Gasteiger partial charge in [0.05, 0.1) is 0 Å². The highest BCUT2D eigenvalue weighted by Gasteiger charge is 2.11. The quantitative estimate of drug-likeness (QED) is 0.629. The van der Waals surface area contributed by atoms with Crippen LogP contribution in [-0.4, -0.2) is 19.9 Å². The van der Waals surface area contributed by atoms with Gasteiger partial charge in [-0.1, -0.05) is 59.3 Å². The number of aliphatic hydroxyl groups excluding tert-OH is 1. The number of hydrogen-bond acceptors (Lipinski definition) is 3. The van der Waals surface area contributed by atoms with Gasteiger partial charge in [0.1, 0.15) is 12.4 Å². The van der Waals surface area contributed by atoms with E-state index in [1.165, 1.54) is 44.9 Å². The number of rotatable bonds is 11. The maximum Gasteiger partial charge on any atom is 0.158 e. The highest BCUT2D eigenvalue weighted by molar-refractivity contribution is 4.95. The van der Waals surface area contributed by atoms with Crippen LogP contribution in [0.2, 0.25) is 0 Å². The minimum Gasteiger partial charge on any atom is -0.388 e.